The van der Waals surface area contributed by atoms with Gasteiger partial charge in [0.1, 0.15) is 23.9 Å². The van der Waals surface area contributed by atoms with Crippen LogP contribution < -0.4 is 14.8 Å². The van der Waals surface area contributed by atoms with Crippen molar-refractivity contribution in [2.75, 3.05) is 5.32 Å². The number of hydrogen-bond donors (Lipinski definition) is 1. The van der Waals surface area contributed by atoms with Crippen LogP contribution in [0, 0.1) is 13.8 Å². The fourth-order valence-corrected chi connectivity index (χ4v) is 2.67. The molecule has 1 aromatic heterocycles. The number of carbonyl (C=O) groups is 1. The van der Waals surface area contributed by atoms with Gasteiger partial charge in [-0.1, -0.05) is 22.8 Å². The minimum Gasteiger partial charge on any atom is -0.489 e. The summed E-state index contributed by atoms with van der Waals surface area (Å²) in [5.41, 5.74) is 1.27. The number of halogens is 3. The van der Waals surface area contributed by atoms with Crippen LogP contribution in [0.15, 0.2) is 47.0 Å². The van der Waals surface area contributed by atoms with Gasteiger partial charge in [-0.05, 0) is 55.8 Å². The molecule has 0 unspecified atom stereocenters. The number of carbonyl (C=O) groups excluding carboxylic acids is 1. The summed E-state index contributed by atoms with van der Waals surface area (Å²) in [6, 6.07) is 11.2. The maximum Gasteiger partial charge on any atom is 0.387 e. The van der Waals surface area contributed by atoms with E-state index < -0.39 is 12.5 Å². The Morgan fingerprint density at radius 1 is 1.21 bits per heavy atom. The quantitative estimate of drug-likeness (QED) is 0.553. The van der Waals surface area contributed by atoms with Gasteiger partial charge in [-0.3, -0.25) is 4.79 Å². The molecule has 0 aliphatic heterocycles. The Morgan fingerprint density at radius 2 is 1.93 bits per heavy atom. The lowest BCUT2D eigenvalue weighted by Gasteiger charge is -2.12. The lowest BCUT2D eigenvalue weighted by Crippen LogP contribution is -2.17. The second-order valence-electron chi connectivity index (χ2n) is 6.14. The Kier molecular flexibility index (Phi) is 6.33. The summed E-state index contributed by atoms with van der Waals surface area (Å²) in [5, 5.41) is 6.88. The monoisotopic (exact) mass is 422 g/mol. The van der Waals surface area contributed by atoms with E-state index in [1.807, 2.05) is 0 Å². The molecule has 0 atom stereocenters. The number of ether oxygens (including phenoxy) is 2. The van der Waals surface area contributed by atoms with Crippen molar-refractivity contribution < 1.29 is 27.6 Å². The van der Waals surface area contributed by atoms with Gasteiger partial charge in [0.15, 0.2) is 5.69 Å². The van der Waals surface area contributed by atoms with Gasteiger partial charge in [-0.2, -0.15) is 8.78 Å². The second-order valence-corrected chi connectivity index (χ2v) is 6.58. The first-order chi connectivity index (χ1) is 13.8. The van der Waals surface area contributed by atoms with Crippen molar-refractivity contribution in [1.82, 2.24) is 5.16 Å². The van der Waals surface area contributed by atoms with Gasteiger partial charge in [0.25, 0.3) is 5.91 Å². The highest BCUT2D eigenvalue weighted by atomic mass is 35.5. The molecule has 1 heterocycles. The van der Waals surface area contributed by atoms with Gasteiger partial charge in [0.2, 0.25) is 0 Å². The van der Waals surface area contributed by atoms with Crippen LogP contribution in [0.4, 0.5) is 14.5 Å². The number of aryl methyl sites for hydroxylation is 2. The van der Waals surface area contributed by atoms with E-state index in [9.17, 15) is 13.6 Å². The number of rotatable bonds is 7. The molecular weight excluding hydrogens is 406 g/mol. The smallest absolute Gasteiger partial charge is 0.387 e. The Balaban J connectivity index is 1.78. The van der Waals surface area contributed by atoms with Gasteiger partial charge >= 0.3 is 6.61 Å². The van der Waals surface area contributed by atoms with Crippen LogP contribution in [0.25, 0.3) is 0 Å². The van der Waals surface area contributed by atoms with Crippen molar-refractivity contribution in [3.05, 3.63) is 70.1 Å². The van der Waals surface area contributed by atoms with E-state index in [0.29, 0.717) is 22.1 Å². The number of hydrogen-bond acceptors (Lipinski definition) is 5. The van der Waals surface area contributed by atoms with Crippen LogP contribution in [-0.4, -0.2) is 17.7 Å². The molecule has 6 nitrogen and oxygen atoms in total. The summed E-state index contributed by atoms with van der Waals surface area (Å²) in [7, 11) is 0. The summed E-state index contributed by atoms with van der Waals surface area (Å²) < 4.78 is 40.5. The Bertz CT molecular complexity index is 1010. The van der Waals surface area contributed by atoms with Crippen molar-refractivity contribution in [1.29, 1.82) is 0 Å². The highest BCUT2D eigenvalue weighted by Crippen LogP contribution is 2.28. The van der Waals surface area contributed by atoms with Crippen LogP contribution in [0.5, 0.6) is 11.5 Å². The third kappa shape index (κ3) is 5.23. The first kappa shape index (κ1) is 20.6. The first-order valence-electron chi connectivity index (χ1n) is 8.54. The molecule has 0 spiro atoms. The van der Waals surface area contributed by atoms with E-state index in [0.717, 1.165) is 5.56 Å². The van der Waals surface area contributed by atoms with E-state index in [1.54, 1.807) is 44.2 Å². The average molecular weight is 423 g/mol. The van der Waals surface area contributed by atoms with Crippen molar-refractivity contribution in [3.8, 4) is 11.5 Å². The van der Waals surface area contributed by atoms with Crippen molar-refractivity contribution in [2.45, 2.75) is 27.1 Å². The summed E-state index contributed by atoms with van der Waals surface area (Å²) in [6.07, 6.45) is 0. The molecule has 3 aromatic rings. The Hall–Kier alpha value is -3.13. The summed E-state index contributed by atoms with van der Waals surface area (Å²) >= 11 is 5.85. The van der Waals surface area contributed by atoms with E-state index in [-0.39, 0.29) is 23.7 Å². The zero-order chi connectivity index (χ0) is 21.0. The minimum atomic E-state index is -3.02. The molecule has 1 N–H and O–H groups in total. The van der Waals surface area contributed by atoms with Crippen LogP contribution >= 0.6 is 11.6 Å². The van der Waals surface area contributed by atoms with E-state index in [4.69, 9.17) is 20.9 Å². The number of anilines is 1. The number of benzene rings is 2. The molecule has 0 bridgehead atoms. The molecule has 2 aromatic carbocycles. The highest BCUT2D eigenvalue weighted by Gasteiger charge is 2.22. The molecule has 0 fully saturated rings. The van der Waals surface area contributed by atoms with Crippen molar-refractivity contribution in [2.24, 2.45) is 0 Å². The molecule has 29 heavy (non-hydrogen) atoms. The summed E-state index contributed by atoms with van der Waals surface area (Å²) in [4.78, 5) is 12.7. The lowest BCUT2D eigenvalue weighted by molar-refractivity contribution is -0.0493. The normalized spacial score (nSPS) is 10.8. The standard InChI is InChI=1S/C20H17ClF2N2O4/c1-11-3-8-17(28-20(22)23)16(9-11)24-19(26)18-15(12(2)29-25-18)10-27-14-6-4-13(21)5-7-14/h3-9,20H,10H2,1-2H3,(H,24,26). The topological polar surface area (TPSA) is 73.6 Å². The fraction of sp³-hybridized carbons (Fsp3) is 0.200. The molecule has 0 saturated carbocycles. The SMILES string of the molecule is Cc1ccc(OC(F)F)c(NC(=O)c2noc(C)c2COc2ccc(Cl)cc2)c1. The zero-order valence-electron chi connectivity index (χ0n) is 15.5. The second kappa shape index (κ2) is 8.91. The summed E-state index contributed by atoms with van der Waals surface area (Å²) in [5.74, 6) is 0.157. The largest absolute Gasteiger partial charge is 0.489 e. The number of alkyl halides is 2. The molecule has 152 valence electrons. The Morgan fingerprint density at radius 3 is 2.62 bits per heavy atom. The van der Waals surface area contributed by atoms with Crippen LogP contribution in [0.1, 0.15) is 27.4 Å². The van der Waals surface area contributed by atoms with Crippen molar-refractivity contribution >= 4 is 23.2 Å². The van der Waals surface area contributed by atoms with E-state index in [2.05, 4.69) is 15.2 Å². The molecule has 3 rings (SSSR count). The molecule has 1 amide bonds. The molecule has 9 heteroatoms. The number of nitrogens with one attached hydrogen (secondary N) is 1. The maximum absolute atomic E-state index is 12.7. The van der Waals surface area contributed by atoms with Crippen LogP contribution in [0.3, 0.4) is 0 Å². The van der Waals surface area contributed by atoms with Gasteiger partial charge in [0, 0.05) is 5.02 Å². The van der Waals surface area contributed by atoms with Gasteiger partial charge < -0.3 is 19.3 Å². The van der Waals surface area contributed by atoms with Crippen LogP contribution in [0.2, 0.25) is 5.02 Å². The highest BCUT2D eigenvalue weighted by molar-refractivity contribution is 6.30. The first-order valence-corrected chi connectivity index (χ1v) is 8.91. The van der Waals surface area contributed by atoms with Gasteiger partial charge in [-0.25, -0.2) is 0 Å². The van der Waals surface area contributed by atoms with Crippen molar-refractivity contribution in [3.63, 3.8) is 0 Å². The molecule has 0 aliphatic rings. The maximum atomic E-state index is 12.7. The minimum absolute atomic E-state index is 0.0130. The molecular formula is C20H17ClF2N2O4. The zero-order valence-corrected chi connectivity index (χ0v) is 16.3. The number of aromatic nitrogens is 1. The van der Waals surface area contributed by atoms with E-state index in [1.165, 1.54) is 12.1 Å². The van der Waals surface area contributed by atoms with Gasteiger partial charge in [-0.15, -0.1) is 0 Å². The molecule has 0 aliphatic carbocycles. The third-order valence-corrected chi connectivity index (χ3v) is 4.25. The van der Waals surface area contributed by atoms with Crippen LogP contribution in [-0.2, 0) is 6.61 Å². The fourth-order valence-electron chi connectivity index (χ4n) is 2.55. The molecule has 0 radical (unpaired) electrons. The third-order valence-electron chi connectivity index (χ3n) is 4.00. The predicted octanol–water partition coefficient (Wildman–Crippen LogP) is 5.38. The predicted molar refractivity (Wildman–Crippen MR) is 103 cm³/mol. The Labute approximate surface area is 170 Å². The average Bonchev–Trinajstić information content (AvgIpc) is 3.04. The number of nitrogens with zero attached hydrogens (tertiary/aromatic N) is 1. The van der Waals surface area contributed by atoms with Gasteiger partial charge in [0.05, 0.1) is 11.3 Å². The lowest BCUT2D eigenvalue weighted by atomic mass is 10.1. The summed E-state index contributed by atoms with van der Waals surface area (Å²) in [6.45, 7) is 0.398. The van der Waals surface area contributed by atoms with E-state index >= 15 is 0 Å². The number of amides is 1. The molecule has 0 saturated heterocycles.